The van der Waals surface area contributed by atoms with E-state index in [-0.39, 0.29) is 47.3 Å². The molecule has 0 amide bonds. The first-order chi connectivity index (χ1) is 20.6. The number of carboxylic acid groups (broad SMARTS) is 1. The van der Waals surface area contributed by atoms with Crippen molar-refractivity contribution in [1.29, 1.82) is 0 Å². The molecule has 2 atom stereocenters. The van der Waals surface area contributed by atoms with Crippen LogP contribution >= 0.6 is 0 Å². The van der Waals surface area contributed by atoms with E-state index in [1.54, 1.807) is 6.07 Å². The standard InChI is InChI=1S/C32H40N2O8S2.Na/c1-5-33-26-13-8-7-12-24(26)31(3,19-10-16-30(35)36)28(33)14-9-15-29-32(4,20-11-21-43(37,38)39)25-22-23(44(40,41)42)17-18-27(25)34(29)6-2;/h7-9,12-15,17-18,22H,5-6,10-11,16,19-21H2,1-4H3,(H2-,35,36,37,38,39,40,41,42);/q;+1/p+1. The number of nitrogens with zero attached hydrogens (tertiary/aromatic N) is 2. The fourth-order valence-corrected chi connectivity index (χ4v) is 7.86. The predicted molar refractivity (Wildman–Crippen MR) is 170 cm³/mol. The van der Waals surface area contributed by atoms with E-state index in [1.165, 1.54) is 12.1 Å². The molecule has 0 fully saturated rings. The minimum atomic E-state index is -4.48. The van der Waals surface area contributed by atoms with Crippen LogP contribution in [-0.4, -0.2) is 66.1 Å². The predicted octanol–water partition coefficient (Wildman–Crippen LogP) is 2.47. The number of likely N-dealkylation sites (N-methyl/N-ethyl adjacent to an activating group) is 1. The first-order valence-corrected chi connectivity index (χ1v) is 17.8. The maximum atomic E-state index is 12.0. The summed E-state index contributed by atoms with van der Waals surface area (Å²) in [5.74, 6) is -1.28. The molecule has 10 nitrogen and oxygen atoms in total. The van der Waals surface area contributed by atoms with Crippen molar-refractivity contribution in [3.8, 4) is 0 Å². The summed E-state index contributed by atoms with van der Waals surface area (Å²) in [5.41, 5.74) is 4.20. The van der Waals surface area contributed by atoms with Gasteiger partial charge in [-0.05, 0) is 83.2 Å². The second-order valence-electron chi connectivity index (χ2n) is 11.8. The number of anilines is 1. The largest absolute Gasteiger partial charge is 1.00 e. The van der Waals surface area contributed by atoms with Crippen LogP contribution in [0.4, 0.5) is 11.4 Å². The monoisotopic (exact) mass is 668 g/mol. The number of carboxylic acids is 1. The number of allylic oxidation sites excluding steroid dienone is 4. The third-order valence-electron chi connectivity index (χ3n) is 8.94. The minimum absolute atomic E-state index is 0. The third kappa shape index (κ3) is 7.64. The molecule has 0 saturated carbocycles. The number of fused-ring (bicyclic) bond motifs is 2. The molecule has 0 spiro atoms. The summed E-state index contributed by atoms with van der Waals surface area (Å²) in [5, 5.41) is 9.29. The molecule has 2 unspecified atom stereocenters. The summed E-state index contributed by atoms with van der Waals surface area (Å²) < 4.78 is 68.6. The Kier molecular flexibility index (Phi) is 11.7. The van der Waals surface area contributed by atoms with Gasteiger partial charge in [-0.2, -0.15) is 21.4 Å². The average molecular weight is 669 g/mol. The first kappa shape index (κ1) is 37.1. The molecule has 45 heavy (non-hydrogen) atoms. The van der Waals surface area contributed by atoms with Crippen LogP contribution in [0.25, 0.3) is 0 Å². The summed E-state index contributed by atoms with van der Waals surface area (Å²) in [4.78, 5) is 13.1. The molecule has 4 rings (SSSR count). The smallest absolute Gasteiger partial charge is 0.481 e. The van der Waals surface area contributed by atoms with Crippen molar-refractivity contribution in [2.45, 2.75) is 75.5 Å². The summed E-state index contributed by atoms with van der Waals surface area (Å²) in [6, 6.07) is 12.6. The van der Waals surface area contributed by atoms with Gasteiger partial charge in [0.15, 0.2) is 5.71 Å². The van der Waals surface area contributed by atoms with Gasteiger partial charge in [0, 0.05) is 47.5 Å². The van der Waals surface area contributed by atoms with Gasteiger partial charge in [0.25, 0.3) is 20.2 Å². The first-order valence-electron chi connectivity index (χ1n) is 14.8. The molecule has 3 N–H and O–H groups in total. The van der Waals surface area contributed by atoms with Crippen LogP contribution in [0.1, 0.15) is 70.9 Å². The van der Waals surface area contributed by atoms with E-state index in [0.29, 0.717) is 37.9 Å². The van der Waals surface area contributed by atoms with Gasteiger partial charge in [-0.25, -0.2) is 0 Å². The van der Waals surface area contributed by atoms with Gasteiger partial charge in [0.05, 0.1) is 16.1 Å². The molecule has 0 aliphatic carbocycles. The van der Waals surface area contributed by atoms with Gasteiger partial charge >= 0.3 is 35.5 Å². The second-order valence-corrected chi connectivity index (χ2v) is 14.8. The number of para-hydroxylation sites is 1. The Morgan fingerprint density at radius 1 is 0.956 bits per heavy atom. The van der Waals surface area contributed by atoms with Crippen molar-refractivity contribution in [3.63, 3.8) is 0 Å². The molecular weight excluding hydrogens is 627 g/mol. The van der Waals surface area contributed by atoms with E-state index in [1.807, 2.05) is 49.1 Å². The molecule has 0 bridgehead atoms. The molecule has 2 heterocycles. The summed E-state index contributed by atoms with van der Waals surface area (Å²) in [6.45, 7) is 9.32. The Bertz CT molecular complexity index is 1770. The Morgan fingerprint density at radius 3 is 2.22 bits per heavy atom. The van der Waals surface area contributed by atoms with Crippen molar-refractivity contribution >= 4 is 43.3 Å². The number of carbonyl (C=O) groups is 1. The van der Waals surface area contributed by atoms with E-state index < -0.39 is 42.8 Å². The van der Waals surface area contributed by atoms with Gasteiger partial charge in [-0.15, -0.1) is 0 Å². The molecule has 13 heteroatoms. The molecule has 2 aromatic rings. The molecule has 0 radical (unpaired) electrons. The fraction of sp³-hybridized carbons (Fsp3) is 0.438. The van der Waals surface area contributed by atoms with Gasteiger partial charge in [0.2, 0.25) is 5.69 Å². The normalized spacial score (nSPS) is 22.2. The van der Waals surface area contributed by atoms with E-state index in [4.69, 9.17) is 0 Å². The van der Waals surface area contributed by atoms with Crippen LogP contribution in [0.2, 0.25) is 0 Å². The van der Waals surface area contributed by atoms with Crippen molar-refractivity contribution in [3.05, 3.63) is 77.5 Å². The molecule has 2 aliphatic rings. The van der Waals surface area contributed by atoms with Crippen LogP contribution in [0, 0.1) is 0 Å². The summed E-state index contributed by atoms with van der Waals surface area (Å²) in [7, 11) is -8.69. The number of rotatable bonds is 13. The van der Waals surface area contributed by atoms with Gasteiger partial charge in [-0.3, -0.25) is 13.9 Å². The van der Waals surface area contributed by atoms with E-state index in [9.17, 15) is 35.8 Å². The van der Waals surface area contributed by atoms with Crippen LogP contribution in [0.15, 0.2) is 71.3 Å². The molecule has 2 aromatic carbocycles. The van der Waals surface area contributed by atoms with Crippen LogP contribution in [0.3, 0.4) is 0 Å². The molecule has 0 aromatic heterocycles. The van der Waals surface area contributed by atoms with Crippen molar-refractivity contribution < 1.29 is 70.0 Å². The maximum absolute atomic E-state index is 12.0. The third-order valence-corrected chi connectivity index (χ3v) is 10.6. The quantitative estimate of drug-likeness (QED) is 0.166. The number of hydrogen-bond acceptors (Lipinski definition) is 6. The second kappa shape index (κ2) is 14.2. The summed E-state index contributed by atoms with van der Waals surface area (Å²) >= 11 is 0. The van der Waals surface area contributed by atoms with Crippen molar-refractivity contribution in [2.24, 2.45) is 0 Å². The van der Waals surface area contributed by atoms with Crippen LogP contribution < -0.4 is 34.5 Å². The molecule has 2 aliphatic heterocycles. The Morgan fingerprint density at radius 2 is 1.62 bits per heavy atom. The Balaban J connectivity index is 0.00000552. The topological polar surface area (TPSA) is 152 Å². The van der Waals surface area contributed by atoms with Crippen LogP contribution in [-0.2, 0) is 35.9 Å². The fourth-order valence-electron chi connectivity index (χ4n) is 6.85. The minimum Gasteiger partial charge on any atom is -0.481 e. The molecule has 238 valence electrons. The van der Waals surface area contributed by atoms with Crippen LogP contribution in [0.5, 0.6) is 0 Å². The van der Waals surface area contributed by atoms with E-state index in [2.05, 4.69) is 30.6 Å². The average Bonchev–Trinajstić information content (AvgIpc) is 3.32. The van der Waals surface area contributed by atoms with Gasteiger partial charge in [-0.1, -0.05) is 24.3 Å². The SMILES string of the molecule is CCN1C(=CC=CC2=[N+](CC)c3ccccc3C2(C)CCCC(=O)O)C(C)(CCCS(=O)(=O)O)c2cc(S(=O)(=O)O)ccc21.[Na+]. The van der Waals surface area contributed by atoms with E-state index >= 15 is 0 Å². The van der Waals surface area contributed by atoms with E-state index in [0.717, 1.165) is 28.3 Å². The van der Waals surface area contributed by atoms with Gasteiger partial charge in [0.1, 0.15) is 6.54 Å². The molecular formula is C32H41N2NaO8S2+2. The van der Waals surface area contributed by atoms with Crippen molar-refractivity contribution in [1.82, 2.24) is 0 Å². The van der Waals surface area contributed by atoms with Gasteiger partial charge < -0.3 is 10.0 Å². The summed E-state index contributed by atoms with van der Waals surface area (Å²) in [6.07, 6.45) is 7.57. The molecule has 0 saturated heterocycles. The Labute approximate surface area is 288 Å². The zero-order chi connectivity index (χ0) is 32.5. The number of aliphatic carboxylic acids is 1. The van der Waals surface area contributed by atoms with Crippen molar-refractivity contribution in [2.75, 3.05) is 23.7 Å². The number of hydrogen-bond donors (Lipinski definition) is 3. The maximum Gasteiger partial charge on any atom is 1.00 e. The number of benzene rings is 2. The zero-order valence-electron chi connectivity index (χ0n) is 26.5. The Hall–Kier alpha value is -2.32. The zero-order valence-corrected chi connectivity index (χ0v) is 30.2.